The molecular weight excluding hydrogens is 406 g/mol. The van der Waals surface area contributed by atoms with E-state index in [1.54, 1.807) is 25.4 Å². The quantitative estimate of drug-likeness (QED) is 0.474. The number of hydrogen-bond acceptors (Lipinski definition) is 5. The van der Waals surface area contributed by atoms with Crippen LogP contribution in [0.1, 0.15) is 29.7 Å². The van der Waals surface area contributed by atoms with Gasteiger partial charge in [0, 0.05) is 24.0 Å². The fourth-order valence-electron chi connectivity index (χ4n) is 3.57. The Morgan fingerprint density at radius 1 is 1.30 bits per heavy atom. The average Bonchev–Trinajstić information content (AvgIpc) is 3.35. The van der Waals surface area contributed by atoms with Crippen LogP contribution < -0.4 is 5.32 Å². The van der Waals surface area contributed by atoms with Crippen molar-refractivity contribution in [1.82, 2.24) is 25.1 Å². The monoisotopic (exact) mass is 425 g/mol. The lowest BCUT2D eigenvalue weighted by Crippen LogP contribution is -2.18. The van der Waals surface area contributed by atoms with Gasteiger partial charge in [-0.2, -0.15) is 5.10 Å². The number of methoxy groups -OCH3 is 1. The number of halogens is 1. The lowest BCUT2D eigenvalue weighted by atomic mass is 10.1. The molecule has 4 aromatic rings. The Bertz CT molecular complexity index is 1280. The molecule has 154 valence electrons. The number of esters is 1. The Labute approximate surface area is 177 Å². The van der Waals surface area contributed by atoms with Crippen molar-refractivity contribution in [2.45, 2.75) is 19.4 Å². The predicted molar refractivity (Wildman–Crippen MR) is 115 cm³/mol. The first-order valence-electron chi connectivity index (χ1n) is 9.36. The van der Waals surface area contributed by atoms with Crippen molar-refractivity contribution in [2.24, 2.45) is 0 Å². The fourth-order valence-corrected chi connectivity index (χ4v) is 3.81. The lowest BCUT2D eigenvalue weighted by Gasteiger charge is -2.17. The Balaban J connectivity index is 1.95. The Kier molecular flexibility index (Phi) is 5.17. The van der Waals surface area contributed by atoms with Crippen molar-refractivity contribution in [3.63, 3.8) is 0 Å². The number of aromatic amines is 1. The van der Waals surface area contributed by atoms with E-state index in [0.717, 1.165) is 22.0 Å². The zero-order chi connectivity index (χ0) is 21.4. The van der Waals surface area contributed by atoms with E-state index in [9.17, 15) is 9.59 Å². The van der Waals surface area contributed by atoms with Gasteiger partial charge in [-0.1, -0.05) is 23.7 Å². The standard InChI is InChI=1S/C21H20ClN5O3/c1-11(6-19(28)30-3)27-18-9-15(22)14(21(29)23-2)8-17(18)25-20(27)12-4-5-13-10-24-26-16(13)7-12/h4-5,7-11H,6H2,1-3H3,(H,23,29)(H,24,26). The van der Waals surface area contributed by atoms with Crippen molar-refractivity contribution in [3.05, 3.63) is 47.1 Å². The second kappa shape index (κ2) is 7.79. The smallest absolute Gasteiger partial charge is 0.307 e. The summed E-state index contributed by atoms with van der Waals surface area (Å²) in [6.07, 6.45) is 1.91. The van der Waals surface area contributed by atoms with Crippen molar-refractivity contribution in [1.29, 1.82) is 0 Å². The van der Waals surface area contributed by atoms with Gasteiger partial charge in [0.1, 0.15) is 5.82 Å². The van der Waals surface area contributed by atoms with Crippen LogP contribution in [0.2, 0.25) is 5.02 Å². The van der Waals surface area contributed by atoms with Gasteiger partial charge < -0.3 is 14.6 Å². The number of imidazole rings is 1. The average molecular weight is 426 g/mol. The molecule has 0 aliphatic rings. The summed E-state index contributed by atoms with van der Waals surface area (Å²) in [7, 11) is 2.91. The summed E-state index contributed by atoms with van der Waals surface area (Å²) in [5.74, 6) is 0.0370. The summed E-state index contributed by atoms with van der Waals surface area (Å²) in [6.45, 7) is 1.91. The molecule has 2 heterocycles. The van der Waals surface area contributed by atoms with Gasteiger partial charge in [-0.15, -0.1) is 0 Å². The minimum Gasteiger partial charge on any atom is -0.469 e. The Hall–Kier alpha value is -3.39. The first-order chi connectivity index (χ1) is 14.4. The van der Waals surface area contributed by atoms with E-state index >= 15 is 0 Å². The molecule has 2 aromatic carbocycles. The molecule has 1 amide bonds. The van der Waals surface area contributed by atoms with Crippen molar-refractivity contribution in [2.75, 3.05) is 14.2 Å². The number of benzene rings is 2. The van der Waals surface area contributed by atoms with Crippen LogP contribution in [-0.4, -0.2) is 45.8 Å². The Morgan fingerprint density at radius 3 is 2.83 bits per heavy atom. The maximum Gasteiger partial charge on any atom is 0.307 e. The van der Waals surface area contributed by atoms with E-state index < -0.39 is 0 Å². The SMILES string of the molecule is CNC(=O)c1cc2nc(-c3ccc4cn[nH]c4c3)n(C(C)CC(=O)OC)c2cc1Cl. The number of nitrogens with zero attached hydrogens (tertiary/aromatic N) is 3. The second-order valence-electron chi connectivity index (χ2n) is 7.01. The molecule has 9 heteroatoms. The van der Waals surface area contributed by atoms with Gasteiger partial charge in [-0.05, 0) is 25.1 Å². The third-order valence-corrected chi connectivity index (χ3v) is 5.39. The van der Waals surface area contributed by atoms with Gasteiger partial charge in [-0.3, -0.25) is 14.7 Å². The van der Waals surface area contributed by atoms with Crippen LogP contribution in [0.15, 0.2) is 36.5 Å². The van der Waals surface area contributed by atoms with E-state index in [4.69, 9.17) is 21.3 Å². The summed E-state index contributed by atoms with van der Waals surface area (Å²) >= 11 is 6.40. The third-order valence-electron chi connectivity index (χ3n) is 5.08. The zero-order valence-corrected chi connectivity index (χ0v) is 17.4. The van der Waals surface area contributed by atoms with Crippen LogP contribution in [0.4, 0.5) is 0 Å². The summed E-state index contributed by atoms with van der Waals surface area (Å²) in [4.78, 5) is 28.9. The molecular formula is C21H20ClN5O3. The molecule has 2 aromatic heterocycles. The number of carbonyl (C=O) groups is 2. The van der Waals surface area contributed by atoms with Crippen molar-refractivity contribution in [3.8, 4) is 11.4 Å². The first-order valence-corrected chi connectivity index (χ1v) is 9.74. The Morgan fingerprint density at radius 2 is 2.10 bits per heavy atom. The molecule has 0 radical (unpaired) electrons. The van der Waals surface area contributed by atoms with Gasteiger partial charge in [0.2, 0.25) is 0 Å². The molecule has 8 nitrogen and oxygen atoms in total. The van der Waals surface area contributed by atoms with Crippen LogP contribution in [-0.2, 0) is 9.53 Å². The number of carbonyl (C=O) groups excluding carboxylic acids is 2. The molecule has 0 saturated carbocycles. The molecule has 0 aliphatic carbocycles. The molecule has 0 spiro atoms. The molecule has 0 bridgehead atoms. The van der Waals surface area contributed by atoms with Crippen LogP contribution >= 0.6 is 11.6 Å². The van der Waals surface area contributed by atoms with Crippen molar-refractivity contribution < 1.29 is 14.3 Å². The van der Waals surface area contributed by atoms with Crippen LogP contribution in [0.25, 0.3) is 33.3 Å². The molecule has 0 aliphatic heterocycles. The van der Waals surface area contributed by atoms with E-state index in [1.807, 2.05) is 29.7 Å². The molecule has 4 rings (SSSR count). The number of amides is 1. The third kappa shape index (κ3) is 3.39. The maximum atomic E-state index is 12.2. The van der Waals surface area contributed by atoms with E-state index in [-0.39, 0.29) is 24.3 Å². The van der Waals surface area contributed by atoms with Gasteiger partial charge in [-0.25, -0.2) is 4.98 Å². The minimum absolute atomic E-state index is 0.163. The number of ether oxygens (including phenoxy) is 1. The fraction of sp³-hybridized carbons (Fsp3) is 0.238. The van der Waals surface area contributed by atoms with E-state index in [1.165, 1.54) is 7.11 Å². The van der Waals surface area contributed by atoms with Crippen LogP contribution in [0.3, 0.4) is 0 Å². The van der Waals surface area contributed by atoms with E-state index in [2.05, 4.69) is 15.5 Å². The molecule has 0 fully saturated rings. The highest BCUT2D eigenvalue weighted by atomic mass is 35.5. The highest BCUT2D eigenvalue weighted by Crippen LogP contribution is 2.33. The highest BCUT2D eigenvalue weighted by molar-refractivity contribution is 6.34. The van der Waals surface area contributed by atoms with Gasteiger partial charge in [0.15, 0.2) is 0 Å². The molecule has 1 unspecified atom stereocenters. The summed E-state index contributed by atoms with van der Waals surface area (Å²) < 4.78 is 6.80. The summed E-state index contributed by atoms with van der Waals surface area (Å²) in [6, 6.07) is 8.97. The summed E-state index contributed by atoms with van der Waals surface area (Å²) in [5, 5.41) is 10.9. The normalized spacial score (nSPS) is 12.3. The largest absolute Gasteiger partial charge is 0.469 e. The number of fused-ring (bicyclic) bond motifs is 2. The number of hydrogen-bond donors (Lipinski definition) is 2. The first kappa shape index (κ1) is 19.9. The molecule has 30 heavy (non-hydrogen) atoms. The van der Waals surface area contributed by atoms with Gasteiger partial charge in [0.25, 0.3) is 5.91 Å². The van der Waals surface area contributed by atoms with Gasteiger partial charge in [0.05, 0.1) is 46.9 Å². The second-order valence-corrected chi connectivity index (χ2v) is 7.41. The summed E-state index contributed by atoms with van der Waals surface area (Å²) in [5.41, 5.74) is 3.39. The number of H-pyrrole nitrogens is 1. The van der Waals surface area contributed by atoms with Gasteiger partial charge >= 0.3 is 5.97 Å². The maximum absolute atomic E-state index is 12.2. The lowest BCUT2D eigenvalue weighted by molar-refractivity contribution is -0.141. The predicted octanol–water partition coefficient (Wildman–Crippen LogP) is 3.72. The molecule has 2 N–H and O–H groups in total. The van der Waals surface area contributed by atoms with Crippen LogP contribution in [0.5, 0.6) is 0 Å². The topological polar surface area (TPSA) is 102 Å². The number of rotatable bonds is 5. The molecule has 1 atom stereocenters. The molecule has 0 saturated heterocycles. The van der Waals surface area contributed by atoms with Crippen LogP contribution in [0, 0.1) is 0 Å². The highest BCUT2D eigenvalue weighted by Gasteiger charge is 2.22. The zero-order valence-electron chi connectivity index (χ0n) is 16.7. The minimum atomic E-state index is -0.326. The van der Waals surface area contributed by atoms with E-state index in [0.29, 0.717) is 21.9 Å². The number of aromatic nitrogens is 4. The van der Waals surface area contributed by atoms with Crippen molar-refractivity contribution >= 4 is 45.4 Å². The number of nitrogens with one attached hydrogen (secondary N) is 2.